The number of carbonyl (C=O) groups is 2. The van der Waals surface area contributed by atoms with Gasteiger partial charge in [-0.05, 0) is 62.9 Å². The highest BCUT2D eigenvalue weighted by atomic mass is 16.5. The van der Waals surface area contributed by atoms with Crippen molar-refractivity contribution in [2.45, 2.75) is 47.1 Å². The van der Waals surface area contributed by atoms with Crippen LogP contribution in [0.2, 0.25) is 0 Å². The average molecular weight is 407 g/mol. The van der Waals surface area contributed by atoms with Gasteiger partial charge in [0.2, 0.25) is 0 Å². The van der Waals surface area contributed by atoms with Gasteiger partial charge in [-0.25, -0.2) is 0 Å². The standard InChI is InChI=1S/C25H30N2O3/c1-6-19-8-10-20(11-9-19)26-23-22(21-12-7-17(4)15-18(21)5)24(28)27(25(23)29)13-14-30-16(2)3/h7-12,15-16,26H,6,13-14H2,1-5H3. The van der Waals surface area contributed by atoms with Gasteiger partial charge in [0, 0.05) is 5.69 Å². The number of carbonyl (C=O) groups excluding carboxylic acids is 2. The molecule has 3 rings (SSSR count). The van der Waals surface area contributed by atoms with Gasteiger partial charge in [0.15, 0.2) is 0 Å². The summed E-state index contributed by atoms with van der Waals surface area (Å²) in [4.78, 5) is 27.8. The van der Waals surface area contributed by atoms with Crippen molar-refractivity contribution in [2.24, 2.45) is 0 Å². The van der Waals surface area contributed by atoms with Gasteiger partial charge in [0.1, 0.15) is 5.70 Å². The molecule has 0 saturated heterocycles. The van der Waals surface area contributed by atoms with Crippen LogP contribution in [-0.2, 0) is 20.7 Å². The number of rotatable bonds is 8. The molecule has 158 valence electrons. The van der Waals surface area contributed by atoms with Gasteiger partial charge in [-0.15, -0.1) is 0 Å². The maximum atomic E-state index is 13.3. The van der Waals surface area contributed by atoms with Gasteiger partial charge in [-0.1, -0.05) is 42.8 Å². The van der Waals surface area contributed by atoms with Crippen LogP contribution in [-0.4, -0.2) is 36.0 Å². The third-order valence-corrected chi connectivity index (χ3v) is 5.22. The molecule has 5 nitrogen and oxygen atoms in total. The van der Waals surface area contributed by atoms with Crippen LogP contribution in [0.1, 0.15) is 43.0 Å². The lowest BCUT2D eigenvalue weighted by atomic mass is 9.97. The number of nitrogens with one attached hydrogen (secondary N) is 1. The molecular weight excluding hydrogens is 376 g/mol. The maximum absolute atomic E-state index is 13.3. The number of imide groups is 1. The van der Waals surface area contributed by atoms with Crippen LogP contribution in [0.4, 0.5) is 5.69 Å². The van der Waals surface area contributed by atoms with Crippen molar-refractivity contribution >= 4 is 23.1 Å². The highest BCUT2D eigenvalue weighted by molar-refractivity contribution is 6.36. The molecule has 0 saturated carbocycles. The van der Waals surface area contributed by atoms with E-state index in [1.165, 1.54) is 10.5 Å². The van der Waals surface area contributed by atoms with Crippen LogP contribution >= 0.6 is 0 Å². The molecule has 0 atom stereocenters. The van der Waals surface area contributed by atoms with Crippen molar-refractivity contribution in [3.05, 3.63) is 70.4 Å². The number of aryl methyl sites for hydroxylation is 3. The van der Waals surface area contributed by atoms with Crippen LogP contribution in [0.3, 0.4) is 0 Å². The molecule has 2 aromatic rings. The molecule has 2 amide bonds. The third-order valence-electron chi connectivity index (χ3n) is 5.22. The summed E-state index contributed by atoms with van der Waals surface area (Å²) in [7, 11) is 0. The second-order valence-electron chi connectivity index (χ2n) is 7.93. The van der Waals surface area contributed by atoms with Crippen molar-refractivity contribution in [2.75, 3.05) is 18.5 Å². The first-order valence-corrected chi connectivity index (χ1v) is 10.5. The number of hydrogen-bond donors (Lipinski definition) is 1. The zero-order chi connectivity index (χ0) is 21.8. The van der Waals surface area contributed by atoms with Gasteiger partial charge < -0.3 is 10.1 Å². The van der Waals surface area contributed by atoms with Crippen molar-refractivity contribution < 1.29 is 14.3 Å². The topological polar surface area (TPSA) is 58.6 Å². The lowest BCUT2D eigenvalue weighted by Gasteiger charge is -2.16. The molecule has 0 radical (unpaired) electrons. The molecule has 0 fully saturated rings. The minimum atomic E-state index is -0.318. The maximum Gasteiger partial charge on any atom is 0.278 e. The Morgan fingerprint density at radius 2 is 1.70 bits per heavy atom. The Morgan fingerprint density at radius 3 is 2.30 bits per heavy atom. The number of amides is 2. The Morgan fingerprint density at radius 1 is 1.00 bits per heavy atom. The Kier molecular flexibility index (Phi) is 6.73. The second-order valence-corrected chi connectivity index (χ2v) is 7.93. The zero-order valence-electron chi connectivity index (χ0n) is 18.4. The van der Waals surface area contributed by atoms with E-state index in [0.29, 0.717) is 17.9 Å². The van der Waals surface area contributed by atoms with E-state index in [-0.39, 0.29) is 24.5 Å². The molecule has 30 heavy (non-hydrogen) atoms. The first-order chi connectivity index (χ1) is 14.3. The SMILES string of the molecule is CCc1ccc(NC2=C(c3ccc(C)cc3C)C(=O)N(CCOC(C)C)C2=O)cc1. The predicted molar refractivity (Wildman–Crippen MR) is 120 cm³/mol. The fraction of sp³-hybridized carbons (Fsp3) is 0.360. The van der Waals surface area contributed by atoms with Crippen molar-refractivity contribution in [3.63, 3.8) is 0 Å². The zero-order valence-corrected chi connectivity index (χ0v) is 18.4. The number of benzene rings is 2. The average Bonchev–Trinajstić information content (AvgIpc) is 2.93. The summed E-state index contributed by atoms with van der Waals surface area (Å²) >= 11 is 0. The fourth-order valence-electron chi connectivity index (χ4n) is 3.59. The largest absolute Gasteiger partial charge is 0.377 e. The van der Waals surface area contributed by atoms with Gasteiger partial charge in [0.05, 0.1) is 24.8 Å². The predicted octanol–water partition coefficient (Wildman–Crippen LogP) is 4.48. The van der Waals surface area contributed by atoms with Crippen molar-refractivity contribution in [3.8, 4) is 0 Å². The van der Waals surface area contributed by atoms with Crippen LogP contribution < -0.4 is 5.32 Å². The highest BCUT2D eigenvalue weighted by Crippen LogP contribution is 2.32. The summed E-state index contributed by atoms with van der Waals surface area (Å²) in [6.07, 6.45) is 0.983. The van der Waals surface area contributed by atoms with Gasteiger partial charge >= 0.3 is 0 Å². The van der Waals surface area contributed by atoms with Gasteiger partial charge in [0.25, 0.3) is 11.8 Å². The van der Waals surface area contributed by atoms with Crippen molar-refractivity contribution in [1.29, 1.82) is 0 Å². The summed E-state index contributed by atoms with van der Waals surface area (Å²) < 4.78 is 5.57. The molecule has 0 aromatic heterocycles. The van der Waals surface area contributed by atoms with E-state index in [4.69, 9.17) is 4.74 Å². The highest BCUT2D eigenvalue weighted by Gasteiger charge is 2.39. The van der Waals surface area contributed by atoms with E-state index < -0.39 is 0 Å². The number of ether oxygens (including phenoxy) is 1. The van der Waals surface area contributed by atoms with Gasteiger partial charge in [-0.2, -0.15) is 0 Å². The van der Waals surface area contributed by atoms with E-state index in [1.807, 2.05) is 70.2 Å². The molecule has 1 heterocycles. The molecule has 0 bridgehead atoms. The quantitative estimate of drug-likeness (QED) is 0.657. The molecule has 2 aromatic carbocycles. The number of anilines is 1. The lowest BCUT2D eigenvalue weighted by Crippen LogP contribution is -2.35. The van der Waals surface area contributed by atoms with E-state index in [2.05, 4.69) is 12.2 Å². The summed E-state index contributed by atoms with van der Waals surface area (Å²) in [5.41, 5.74) is 5.59. The monoisotopic (exact) mass is 406 g/mol. The molecule has 1 aliphatic rings. The summed E-state index contributed by atoms with van der Waals surface area (Å²) in [5, 5.41) is 3.22. The van der Waals surface area contributed by atoms with E-state index >= 15 is 0 Å². The lowest BCUT2D eigenvalue weighted by molar-refractivity contribution is -0.137. The number of nitrogens with zero attached hydrogens (tertiary/aromatic N) is 1. The Balaban J connectivity index is 1.98. The summed E-state index contributed by atoms with van der Waals surface area (Å²) in [5.74, 6) is -0.603. The molecule has 1 aliphatic heterocycles. The minimum Gasteiger partial charge on any atom is -0.377 e. The van der Waals surface area contributed by atoms with Crippen LogP contribution in [0, 0.1) is 13.8 Å². The van der Waals surface area contributed by atoms with Crippen LogP contribution in [0.15, 0.2) is 48.2 Å². The Hall–Kier alpha value is -2.92. The summed E-state index contributed by atoms with van der Waals surface area (Å²) in [6.45, 7) is 10.5. The molecule has 0 spiro atoms. The molecule has 1 N–H and O–H groups in total. The van der Waals surface area contributed by atoms with Crippen LogP contribution in [0.5, 0.6) is 0 Å². The first-order valence-electron chi connectivity index (χ1n) is 10.5. The smallest absolute Gasteiger partial charge is 0.278 e. The minimum absolute atomic E-state index is 0.0410. The summed E-state index contributed by atoms with van der Waals surface area (Å²) in [6, 6.07) is 13.8. The van der Waals surface area contributed by atoms with E-state index in [9.17, 15) is 9.59 Å². The third kappa shape index (κ3) is 4.62. The van der Waals surface area contributed by atoms with Crippen LogP contribution in [0.25, 0.3) is 5.57 Å². The van der Waals surface area contributed by atoms with Gasteiger partial charge in [-0.3, -0.25) is 14.5 Å². The molecule has 0 aliphatic carbocycles. The first kappa shape index (κ1) is 21.8. The molecule has 5 heteroatoms. The normalized spacial score (nSPS) is 14.3. The van der Waals surface area contributed by atoms with E-state index in [0.717, 1.165) is 28.8 Å². The molecule has 0 unspecified atom stereocenters. The Labute approximate surface area is 178 Å². The van der Waals surface area contributed by atoms with Crippen molar-refractivity contribution in [1.82, 2.24) is 4.90 Å². The fourth-order valence-corrected chi connectivity index (χ4v) is 3.59. The van der Waals surface area contributed by atoms with E-state index in [1.54, 1.807) is 0 Å². The molecular formula is C25H30N2O3. The number of hydrogen-bond acceptors (Lipinski definition) is 4. The second kappa shape index (κ2) is 9.26. The Bertz CT molecular complexity index is 974.